The van der Waals surface area contributed by atoms with Crippen molar-refractivity contribution in [2.45, 2.75) is 26.1 Å². The van der Waals surface area contributed by atoms with E-state index < -0.39 is 18.7 Å². The van der Waals surface area contributed by atoms with E-state index in [4.69, 9.17) is 10.7 Å². The molecule has 1 aromatic carbocycles. The standard InChI is InChI=1S/C12H13N/c1-9-2-4-12-7-10(8-13)3-5-11(12)6-9/h3,5,7,9H,2,4,6H2,1H3/i2D2,6D2. The number of aryl methyl sites for hydroxylation is 1. The number of nitriles is 1. The average Bonchev–Trinajstić information content (AvgIpc) is 2.25. The summed E-state index contributed by atoms with van der Waals surface area (Å²) in [6.07, 6.45) is -3.10. The van der Waals surface area contributed by atoms with Crippen molar-refractivity contribution in [1.29, 1.82) is 5.26 Å². The lowest BCUT2D eigenvalue weighted by Crippen LogP contribution is -2.11. The lowest BCUT2D eigenvalue weighted by atomic mass is 9.84. The molecule has 0 fully saturated rings. The second kappa shape index (κ2) is 3.22. The molecular weight excluding hydrogens is 158 g/mol. The molecule has 0 aliphatic heterocycles. The largest absolute Gasteiger partial charge is 0.192 e. The summed E-state index contributed by atoms with van der Waals surface area (Å²) in [7, 11) is 0. The van der Waals surface area contributed by atoms with Crippen LogP contribution in [0.25, 0.3) is 0 Å². The Morgan fingerprint density at radius 3 is 3.15 bits per heavy atom. The summed E-state index contributed by atoms with van der Waals surface area (Å²) in [6, 6.07) is 6.79. The Bertz CT molecular complexity index is 502. The summed E-state index contributed by atoms with van der Waals surface area (Å²) in [6.45, 7) is 1.60. The molecule has 13 heavy (non-hydrogen) atoms. The molecule has 1 nitrogen and oxygen atoms in total. The van der Waals surface area contributed by atoms with Crippen LogP contribution in [0.2, 0.25) is 0 Å². The van der Waals surface area contributed by atoms with E-state index in [0.717, 1.165) is 0 Å². The van der Waals surface area contributed by atoms with Crippen LogP contribution in [0.4, 0.5) is 0 Å². The Labute approximate surface area is 84.6 Å². The monoisotopic (exact) mass is 175 g/mol. The SMILES string of the molecule is [2H]C1([2H])Cc2cc(C#N)ccc2C([2H])([2H])C1C. The van der Waals surface area contributed by atoms with Crippen molar-refractivity contribution in [3.63, 3.8) is 0 Å². The average molecular weight is 175 g/mol. The molecule has 2 rings (SSSR count). The van der Waals surface area contributed by atoms with Crippen LogP contribution in [0.1, 0.15) is 35.5 Å². The fraction of sp³-hybridized carbons (Fsp3) is 0.417. The molecule has 66 valence electrons. The minimum absolute atomic E-state index is 0.165. The molecule has 1 heteroatoms. The van der Waals surface area contributed by atoms with Gasteiger partial charge in [0.1, 0.15) is 0 Å². The van der Waals surface area contributed by atoms with E-state index in [1.165, 1.54) is 0 Å². The Morgan fingerprint density at radius 2 is 2.38 bits per heavy atom. The molecule has 0 saturated carbocycles. The molecule has 0 amide bonds. The number of nitrogens with zero attached hydrogens (tertiary/aromatic N) is 1. The third-order valence-corrected chi connectivity index (χ3v) is 2.21. The third-order valence-electron chi connectivity index (χ3n) is 2.21. The molecule has 0 N–H and O–H groups in total. The predicted octanol–water partition coefficient (Wildman–Crippen LogP) is 2.68. The van der Waals surface area contributed by atoms with Crippen LogP contribution >= 0.6 is 0 Å². The molecule has 1 aromatic rings. The number of benzene rings is 1. The molecule has 0 radical (unpaired) electrons. The van der Waals surface area contributed by atoms with Gasteiger partial charge in [-0.15, -0.1) is 0 Å². The first-order valence-corrected chi connectivity index (χ1v) is 4.32. The Morgan fingerprint density at radius 1 is 1.54 bits per heavy atom. The van der Waals surface area contributed by atoms with Gasteiger partial charge in [-0.2, -0.15) is 5.26 Å². The van der Waals surface area contributed by atoms with Gasteiger partial charge in [0.15, 0.2) is 0 Å². The Balaban J connectivity index is 2.62. The molecule has 0 spiro atoms. The summed E-state index contributed by atoms with van der Waals surface area (Å²) in [5, 5.41) is 8.81. The van der Waals surface area contributed by atoms with Crippen LogP contribution < -0.4 is 0 Å². The summed E-state index contributed by atoms with van der Waals surface area (Å²) < 4.78 is 31.9. The van der Waals surface area contributed by atoms with E-state index >= 15 is 0 Å². The second-order valence-electron chi connectivity index (χ2n) is 3.23. The fourth-order valence-corrected chi connectivity index (χ4v) is 1.50. The summed E-state index contributed by atoms with van der Waals surface area (Å²) >= 11 is 0. The van der Waals surface area contributed by atoms with Crippen LogP contribution in [0, 0.1) is 17.2 Å². The highest BCUT2D eigenvalue weighted by Gasteiger charge is 2.14. The van der Waals surface area contributed by atoms with Gasteiger partial charge in [0.25, 0.3) is 0 Å². The number of hydrogen-bond donors (Lipinski definition) is 0. The maximum atomic E-state index is 8.81. The van der Waals surface area contributed by atoms with Crippen LogP contribution in [0.3, 0.4) is 0 Å². The molecule has 1 aliphatic rings. The number of rotatable bonds is 0. The van der Waals surface area contributed by atoms with Crippen LogP contribution in [0.15, 0.2) is 18.2 Å². The van der Waals surface area contributed by atoms with E-state index in [9.17, 15) is 0 Å². The van der Waals surface area contributed by atoms with E-state index in [2.05, 4.69) is 0 Å². The van der Waals surface area contributed by atoms with Crippen molar-refractivity contribution in [1.82, 2.24) is 0 Å². The minimum Gasteiger partial charge on any atom is -0.192 e. The molecule has 1 unspecified atom stereocenters. The van der Waals surface area contributed by atoms with Crippen LogP contribution in [-0.4, -0.2) is 0 Å². The second-order valence-corrected chi connectivity index (χ2v) is 3.23. The Kier molecular flexibility index (Phi) is 1.19. The highest BCUT2D eigenvalue weighted by Crippen LogP contribution is 2.25. The summed E-state index contributed by atoms with van der Waals surface area (Å²) in [4.78, 5) is 0. The van der Waals surface area contributed by atoms with Crippen LogP contribution in [-0.2, 0) is 12.8 Å². The normalized spacial score (nSPS) is 32.8. The molecule has 0 heterocycles. The molecule has 1 atom stereocenters. The molecule has 0 saturated heterocycles. The van der Waals surface area contributed by atoms with Crippen molar-refractivity contribution in [3.05, 3.63) is 34.9 Å². The zero-order chi connectivity index (χ0) is 12.8. The summed E-state index contributed by atoms with van der Waals surface area (Å²) in [5.74, 6) is -0.699. The third kappa shape index (κ3) is 1.58. The predicted molar refractivity (Wildman–Crippen MR) is 52.3 cm³/mol. The van der Waals surface area contributed by atoms with E-state index in [1.54, 1.807) is 25.1 Å². The van der Waals surface area contributed by atoms with Gasteiger partial charge in [-0.1, -0.05) is 13.0 Å². The topological polar surface area (TPSA) is 23.8 Å². The quantitative estimate of drug-likeness (QED) is 0.594. The van der Waals surface area contributed by atoms with Crippen molar-refractivity contribution < 1.29 is 5.48 Å². The van der Waals surface area contributed by atoms with Gasteiger partial charge in [0.2, 0.25) is 0 Å². The molecular formula is C12H13N. The van der Waals surface area contributed by atoms with Gasteiger partial charge in [0.05, 0.1) is 11.6 Å². The van der Waals surface area contributed by atoms with Crippen LogP contribution in [0.5, 0.6) is 0 Å². The van der Waals surface area contributed by atoms with Gasteiger partial charge < -0.3 is 0 Å². The van der Waals surface area contributed by atoms with E-state index in [0.29, 0.717) is 16.7 Å². The zero-order valence-electron chi connectivity index (χ0n) is 11.5. The Hall–Kier alpha value is -1.29. The van der Waals surface area contributed by atoms with Gasteiger partial charge in [-0.05, 0) is 48.3 Å². The highest BCUT2D eigenvalue weighted by molar-refractivity contribution is 5.39. The maximum absolute atomic E-state index is 8.81. The maximum Gasteiger partial charge on any atom is 0.0991 e. The van der Waals surface area contributed by atoms with E-state index in [1.807, 2.05) is 6.07 Å². The fourth-order valence-electron chi connectivity index (χ4n) is 1.50. The summed E-state index contributed by atoms with van der Waals surface area (Å²) in [5.41, 5.74) is 1.57. The minimum atomic E-state index is -1.69. The zero-order valence-corrected chi connectivity index (χ0v) is 7.46. The van der Waals surface area contributed by atoms with Crippen molar-refractivity contribution in [2.75, 3.05) is 0 Å². The van der Waals surface area contributed by atoms with Gasteiger partial charge in [-0.25, -0.2) is 0 Å². The van der Waals surface area contributed by atoms with Crippen molar-refractivity contribution in [3.8, 4) is 6.07 Å². The first-order valence-electron chi connectivity index (χ1n) is 6.32. The first kappa shape index (κ1) is 4.81. The highest BCUT2D eigenvalue weighted by atomic mass is 14.2. The van der Waals surface area contributed by atoms with Gasteiger partial charge in [-0.3, -0.25) is 0 Å². The number of fused-ring (bicyclic) bond motifs is 1. The van der Waals surface area contributed by atoms with Crippen molar-refractivity contribution in [2.24, 2.45) is 5.92 Å². The van der Waals surface area contributed by atoms with Gasteiger partial charge in [0, 0.05) is 5.48 Å². The van der Waals surface area contributed by atoms with E-state index in [-0.39, 0.29) is 6.42 Å². The smallest absolute Gasteiger partial charge is 0.0991 e. The molecule has 1 aliphatic carbocycles. The van der Waals surface area contributed by atoms with Crippen molar-refractivity contribution >= 4 is 0 Å². The number of hydrogen-bond acceptors (Lipinski definition) is 1. The lowest BCUT2D eigenvalue weighted by Gasteiger charge is -2.21. The molecule has 0 aromatic heterocycles. The lowest BCUT2D eigenvalue weighted by molar-refractivity contribution is 0.501. The molecule has 0 bridgehead atoms. The first-order chi connectivity index (χ1) is 7.79. The van der Waals surface area contributed by atoms with Gasteiger partial charge >= 0.3 is 0 Å².